The van der Waals surface area contributed by atoms with Crippen molar-refractivity contribution in [1.82, 2.24) is 0 Å². The van der Waals surface area contributed by atoms with Gasteiger partial charge in [0.2, 0.25) is 0 Å². The van der Waals surface area contributed by atoms with Crippen LogP contribution in [-0.4, -0.2) is 18.1 Å². The summed E-state index contributed by atoms with van der Waals surface area (Å²) in [5, 5.41) is 3.25. The van der Waals surface area contributed by atoms with Crippen molar-refractivity contribution in [2.24, 2.45) is 0 Å². The molecule has 0 nitrogen and oxygen atoms in total. The van der Waals surface area contributed by atoms with Gasteiger partial charge in [-0.3, -0.25) is 0 Å². The van der Waals surface area contributed by atoms with Crippen molar-refractivity contribution < 1.29 is 0 Å². The van der Waals surface area contributed by atoms with Crippen LogP contribution in [0.4, 0.5) is 0 Å². The van der Waals surface area contributed by atoms with Crippen LogP contribution in [0, 0.1) is 13.8 Å². The zero-order valence-corrected chi connectivity index (χ0v) is 12.9. The molecule has 0 aliphatic carbocycles. The molecule has 2 rings (SSSR count). The van der Waals surface area contributed by atoms with E-state index in [9.17, 15) is 0 Å². The molecule has 0 aliphatic rings. The Hall–Kier alpha value is -1.13. The van der Waals surface area contributed by atoms with Crippen LogP contribution in [0.25, 0.3) is 0 Å². The molecule has 0 aliphatic heterocycles. The summed E-state index contributed by atoms with van der Waals surface area (Å²) in [5.74, 6) is 0. The molecule has 2 aromatic carbocycles. The van der Waals surface area contributed by atoms with E-state index in [4.69, 9.17) is 0 Å². The number of hydrogen-bond donors (Lipinski definition) is 0. The topological polar surface area (TPSA) is 0 Å². The third-order valence-corrected chi connectivity index (χ3v) is 9.51. The third kappa shape index (κ3) is 3.18. The minimum Gasteiger partial charge on any atom is -0.0697 e. The summed E-state index contributed by atoms with van der Waals surface area (Å²) >= 11 is 0. The highest BCUT2D eigenvalue weighted by molar-refractivity contribution is 7.12. The fourth-order valence-corrected chi connectivity index (χ4v) is 7.25. The Morgan fingerprint density at radius 1 is 0.562 bits per heavy atom. The summed E-state index contributed by atoms with van der Waals surface area (Å²) in [6.45, 7) is 4.31. The fourth-order valence-electron chi connectivity index (χ4n) is 1.80. The molecule has 0 fully saturated rings. The van der Waals surface area contributed by atoms with E-state index in [1.807, 2.05) is 0 Å². The van der Waals surface area contributed by atoms with Crippen molar-refractivity contribution in [3.8, 4) is 0 Å². The molecule has 2 heteroatoms. The first-order chi connectivity index (χ1) is 7.74. The van der Waals surface area contributed by atoms with Gasteiger partial charge in [0.15, 0.2) is 0 Å². The zero-order chi connectivity index (χ0) is 11.4. The van der Waals surface area contributed by atoms with Gasteiger partial charge in [0.1, 0.15) is 0 Å². The summed E-state index contributed by atoms with van der Waals surface area (Å²) < 4.78 is 0. The maximum absolute atomic E-state index is 2.32. The first-order valence-electron chi connectivity index (χ1n) is 5.85. The average molecular weight is 242 g/mol. The molecular weight excluding hydrogens is 224 g/mol. The van der Waals surface area contributed by atoms with Crippen LogP contribution in [0.2, 0.25) is 0 Å². The van der Waals surface area contributed by atoms with Crippen LogP contribution in [0.3, 0.4) is 0 Å². The molecule has 0 radical (unpaired) electrons. The van der Waals surface area contributed by atoms with Crippen molar-refractivity contribution in [3.05, 3.63) is 59.7 Å². The second-order valence-electron chi connectivity index (χ2n) is 4.47. The number of aryl methyl sites for hydroxylation is 2. The molecule has 2 aromatic rings. The molecule has 0 aromatic heterocycles. The highest BCUT2D eigenvalue weighted by Crippen LogP contribution is 1.93. The minimum absolute atomic E-state index is 0.000927. The molecule has 0 unspecified atom stereocenters. The Labute approximate surface area is 102 Å². The lowest BCUT2D eigenvalue weighted by molar-refractivity contribution is 1.49. The lowest BCUT2D eigenvalue weighted by Crippen LogP contribution is -2.29. The van der Waals surface area contributed by atoms with Crippen LogP contribution in [0.5, 0.6) is 0 Å². The lowest BCUT2D eigenvalue weighted by atomic mass is 10.2. The maximum atomic E-state index is 2.32. The first-order valence-corrected chi connectivity index (χ1v) is 11.3. The Morgan fingerprint density at radius 2 is 0.875 bits per heavy atom. The summed E-state index contributed by atoms with van der Waals surface area (Å²) in [7, 11) is 0.00185. The van der Waals surface area contributed by atoms with Gasteiger partial charge in [0.25, 0.3) is 0 Å². The van der Waals surface area contributed by atoms with E-state index in [0.29, 0.717) is 0 Å². The molecule has 0 saturated carbocycles. The van der Waals surface area contributed by atoms with Gasteiger partial charge >= 0.3 is 0 Å². The van der Waals surface area contributed by atoms with Crippen molar-refractivity contribution >= 4 is 28.4 Å². The molecule has 0 heterocycles. The Morgan fingerprint density at radius 3 is 1.19 bits per heavy atom. The molecule has 0 N–H and O–H groups in total. The van der Waals surface area contributed by atoms with E-state index >= 15 is 0 Å². The van der Waals surface area contributed by atoms with Gasteiger partial charge in [0, 0.05) is 18.1 Å². The van der Waals surface area contributed by atoms with Crippen LogP contribution >= 0.6 is 0 Å². The highest BCUT2D eigenvalue weighted by Gasteiger charge is 1.97. The normalized spacial score (nSPS) is 11.9. The van der Waals surface area contributed by atoms with E-state index in [1.54, 1.807) is 10.4 Å². The van der Waals surface area contributed by atoms with Gasteiger partial charge in [-0.1, -0.05) is 70.0 Å². The van der Waals surface area contributed by atoms with Crippen molar-refractivity contribution in [2.75, 3.05) is 0 Å². The van der Waals surface area contributed by atoms with Gasteiger partial charge < -0.3 is 0 Å². The van der Waals surface area contributed by atoms with Gasteiger partial charge in [-0.25, -0.2) is 0 Å². The van der Waals surface area contributed by atoms with Crippen LogP contribution in [0.15, 0.2) is 48.5 Å². The van der Waals surface area contributed by atoms with E-state index in [0.717, 1.165) is 0 Å². The maximum Gasteiger partial charge on any atom is 0.0477 e. The molecule has 0 atom stereocenters. The fraction of sp³-hybridized carbons (Fsp3) is 0.143. The van der Waals surface area contributed by atoms with Crippen molar-refractivity contribution in [2.45, 2.75) is 13.8 Å². The van der Waals surface area contributed by atoms with E-state index in [1.165, 1.54) is 11.1 Å². The zero-order valence-electron chi connectivity index (χ0n) is 10.0. The molecular formula is C14H18Si2. The number of hydrogen-bond acceptors (Lipinski definition) is 0. The molecule has 0 bridgehead atoms. The molecule has 82 valence electrons. The smallest absolute Gasteiger partial charge is 0.0477 e. The summed E-state index contributed by atoms with van der Waals surface area (Å²) in [4.78, 5) is 0. The summed E-state index contributed by atoms with van der Waals surface area (Å²) in [5.41, 5.74) is 2.74. The van der Waals surface area contributed by atoms with E-state index in [2.05, 4.69) is 62.4 Å². The Balaban J connectivity index is 1.97. The third-order valence-electron chi connectivity index (χ3n) is 2.94. The lowest BCUT2D eigenvalue weighted by Gasteiger charge is -2.02. The first kappa shape index (κ1) is 11.4. The molecule has 0 amide bonds. The second-order valence-corrected chi connectivity index (χ2v) is 10.1. The van der Waals surface area contributed by atoms with E-state index < -0.39 is 0 Å². The van der Waals surface area contributed by atoms with E-state index in [-0.39, 0.29) is 18.1 Å². The SMILES string of the molecule is Cc1ccc([SiH2][SiH2]c2ccc(C)cc2)cc1. The van der Waals surface area contributed by atoms with Crippen LogP contribution < -0.4 is 10.4 Å². The van der Waals surface area contributed by atoms with Gasteiger partial charge in [-0.15, -0.1) is 0 Å². The van der Waals surface area contributed by atoms with Crippen LogP contribution in [0.1, 0.15) is 11.1 Å². The Kier molecular flexibility index (Phi) is 3.75. The van der Waals surface area contributed by atoms with Crippen LogP contribution in [-0.2, 0) is 0 Å². The van der Waals surface area contributed by atoms with Gasteiger partial charge in [-0.05, 0) is 13.8 Å². The average Bonchev–Trinajstić information content (AvgIpc) is 2.30. The minimum atomic E-state index is 0.000927. The standard InChI is InChI=1S/C14H18Si2/c1-11-3-7-13(8-4-11)15-16-14-9-5-12(2)6-10-14/h3-10H,15-16H2,1-2H3. The van der Waals surface area contributed by atoms with Crippen molar-refractivity contribution in [1.29, 1.82) is 0 Å². The molecule has 16 heavy (non-hydrogen) atoms. The largest absolute Gasteiger partial charge is 0.0697 e. The van der Waals surface area contributed by atoms with Gasteiger partial charge in [-0.2, -0.15) is 0 Å². The number of benzene rings is 2. The Bertz CT molecular complexity index is 398. The molecule has 0 spiro atoms. The quantitative estimate of drug-likeness (QED) is 0.688. The summed E-state index contributed by atoms with van der Waals surface area (Å²) in [6, 6.07) is 18.3. The highest BCUT2D eigenvalue weighted by atomic mass is 29.1. The summed E-state index contributed by atoms with van der Waals surface area (Å²) in [6.07, 6.45) is 0. The second kappa shape index (κ2) is 5.28. The van der Waals surface area contributed by atoms with Gasteiger partial charge in [0.05, 0.1) is 0 Å². The predicted molar refractivity (Wildman–Crippen MR) is 78.7 cm³/mol. The van der Waals surface area contributed by atoms with Crippen molar-refractivity contribution in [3.63, 3.8) is 0 Å². The monoisotopic (exact) mass is 242 g/mol. The molecule has 0 saturated heterocycles. The number of rotatable bonds is 3. The predicted octanol–water partition coefficient (Wildman–Crippen LogP) is 0.507.